The monoisotopic (exact) mass is 201 g/mol. The lowest BCUT2D eigenvalue weighted by atomic mass is 9.78. The van der Waals surface area contributed by atoms with E-state index in [-0.39, 0.29) is 11.1 Å². The minimum absolute atomic E-state index is 0.184. The number of piperidine rings is 1. The van der Waals surface area contributed by atoms with Crippen LogP contribution in [0.5, 0.6) is 0 Å². The van der Waals surface area contributed by atoms with Crippen molar-refractivity contribution in [2.45, 2.75) is 38.5 Å². The Morgan fingerprint density at radius 1 is 0.923 bits per heavy atom. The summed E-state index contributed by atoms with van der Waals surface area (Å²) in [6, 6.07) is 0. The second kappa shape index (κ2) is 3.82. The molecule has 78 valence electrons. The summed E-state index contributed by atoms with van der Waals surface area (Å²) in [4.78, 5) is 0. The fourth-order valence-corrected chi connectivity index (χ4v) is 3.99. The van der Waals surface area contributed by atoms with Crippen molar-refractivity contribution in [2.75, 3.05) is 25.6 Å². The molecule has 1 saturated carbocycles. The maximum atomic E-state index is 2.71. The van der Waals surface area contributed by atoms with Gasteiger partial charge in [-0.15, -0.1) is 0 Å². The lowest BCUT2D eigenvalue weighted by molar-refractivity contribution is 0.166. The largest absolute Gasteiger partial charge is 0.270 e. The molecule has 2 aliphatic rings. The molecule has 2 fully saturated rings. The first-order valence-electron chi connectivity index (χ1n) is 5.64. The van der Waals surface area contributed by atoms with Gasteiger partial charge in [0.15, 0.2) is 0 Å². The number of nitrogens with zero attached hydrogens (tertiary/aromatic N) is 1. The molecular weight excluding hydrogens is 178 g/mol. The second-order valence-electron chi connectivity index (χ2n) is 5.01. The third-order valence-electron chi connectivity index (χ3n) is 4.03. The third-order valence-corrected chi connectivity index (χ3v) is 5.56. The molecule has 0 amide bonds. The molecule has 0 atom stereocenters. The highest BCUT2D eigenvalue weighted by Gasteiger charge is 2.36. The van der Waals surface area contributed by atoms with Gasteiger partial charge in [0.05, 0.1) is 0 Å². The molecule has 13 heavy (non-hydrogen) atoms. The van der Waals surface area contributed by atoms with E-state index >= 15 is 0 Å². The molecule has 2 heteroatoms. The van der Waals surface area contributed by atoms with E-state index in [1.807, 2.05) is 0 Å². The Morgan fingerprint density at radius 2 is 1.46 bits per heavy atom. The van der Waals surface area contributed by atoms with Crippen LogP contribution in [0.15, 0.2) is 0 Å². The maximum Gasteiger partial charge on any atom is 0.00767 e. The van der Waals surface area contributed by atoms with Crippen molar-refractivity contribution < 1.29 is 0 Å². The Hall–Kier alpha value is 0.310. The first-order valence-corrected chi connectivity index (χ1v) is 7.83. The fraction of sp³-hybridized carbons (Fsp3) is 1.00. The van der Waals surface area contributed by atoms with Gasteiger partial charge in [-0.25, -0.2) is 11.1 Å². The van der Waals surface area contributed by atoms with Crippen LogP contribution in [0.1, 0.15) is 38.5 Å². The van der Waals surface area contributed by atoms with Gasteiger partial charge in [0.1, 0.15) is 0 Å². The Morgan fingerprint density at radius 3 is 1.92 bits per heavy atom. The fourth-order valence-electron chi connectivity index (χ4n) is 2.99. The van der Waals surface area contributed by atoms with Gasteiger partial charge in [-0.3, -0.25) is 4.31 Å². The van der Waals surface area contributed by atoms with Crippen LogP contribution in [-0.2, 0) is 0 Å². The SMILES string of the molecule is C[SH](C)N1CCC2(CCCC2)CC1. The summed E-state index contributed by atoms with van der Waals surface area (Å²) < 4.78 is 2.71. The van der Waals surface area contributed by atoms with E-state index in [2.05, 4.69) is 16.8 Å². The van der Waals surface area contributed by atoms with Crippen LogP contribution in [-0.4, -0.2) is 29.9 Å². The van der Waals surface area contributed by atoms with E-state index in [0.717, 1.165) is 5.41 Å². The van der Waals surface area contributed by atoms with Crippen molar-refractivity contribution >= 4 is 11.1 Å². The molecule has 0 N–H and O–H groups in total. The summed E-state index contributed by atoms with van der Waals surface area (Å²) in [5.41, 5.74) is 0.807. The van der Waals surface area contributed by atoms with Crippen molar-refractivity contribution in [3.8, 4) is 0 Å². The number of thiol groups is 1. The smallest absolute Gasteiger partial charge is 0.00767 e. The van der Waals surface area contributed by atoms with Gasteiger partial charge >= 0.3 is 0 Å². The van der Waals surface area contributed by atoms with E-state index < -0.39 is 0 Å². The van der Waals surface area contributed by atoms with Gasteiger partial charge in [-0.05, 0) is 43.6 Å². The van der Waals surface area contributed by atoms with Gasteiger partial charge in [-0.2, -0.15) is 0 Å². The van der Waals surface area contributed by atoms with Crippen LogP contribution >= 0.6 is 11.1 Å². The molecule has 0 aromatic rings. The van der Waals surface area contributed by atoms with Gasteiger partial charge in [0, 0.05) is 13.1 Å². The number of hydrogen-bond donors (Lipinski definition) is 1. The molecule has 0 unspecified atom stereocenters. The van der Waals surface area contributed by atoms with E-state index in [0.29, 0.717) is 0 Å². The van der Waals surface area contributed by atoms with Gasteiger partial charge in [-0.1, -0.05) is 12.8 Å². The lowest BCUT2D eigenvalue weighted by Crippen LogP contribution is -2.36. The molecule has 1 saturated heterocycles. The standard InChI is InChI=1S/C11H23NS/c1-13(2)12-9-7-11(8-10-12)5-3-4-6-11/h13H,3-10H2,1-2H3. The van der Waals surface area contributed by atoms with E-state index in [1.54, 1.807) is 0 Å². The van der Waals surface area contributed by atoms with Crippen LogP contribution in [0.2, 0.25) is 0 Å². The quantitative estimate of drug-likeness (QED) is 0.639. The van der Waals surface area contributed by atoms with Crippen molar-refractivity contribution in [2.24, 2.45) is 5.41 Å². The van der Waals surface area contributed by atoms with Crippen molar-refractivity contribution in [3.05, 3.63) is 0 Å². The molecule has 0 aromatic carbocycles. The molecule has 1 heterocycles. The third kappa shape index (κ3) is 2.04. The molecule has 1 nitrogen and oxygen atoms in total. The van der Waals surface area contributed by atoms with Crippen LogP contribution in [0.4, 0.5) is 0 Å². The highest BCUT2D eigenvalue weighted by atomic mass is 32.2. The van der Waals surface area contributed by atoms with Gasteiger partial charge in [0.2, 0.25) is 0 Å². The second-order valence-corrected chi connectivity index (χ2v) is 7.27. The minimum Gasteiger partial charge on any atom is -0.270 e. The normalized spacial score (nSPS) is 29.5. The van der Waals surface area contributed by atoms with Gasteiger partial charge in [0.25, 0.3) is 0 Å². The summed E-state index contributed by atoms with van der Waals surface area (Å²) >= 11 is 0.184. The van der Waals surface area contributed by atoms with Crippen LogP contribution < -0.4 is 0 Å². The Balaban J connectivity index is 1.88. The summed E-state index contributed by atoms with van der Waals surface area (Å²) in [7, 11) is 0. The Labute approximate surface area is 85.4 Å². The van der Waals surface area contributed by atoms with Crippen LogP contribution in [0, 0.1) is 5.41 Å². The maximum absolute atomic E-state index is 2.71. The summed E-state index contributed by atoms with van der Waals surface area (Å²) in [5.74, 6) is 0. The predicted molar refractivity (Wildman–Crippen MR) is 62.5 cm³/mol. The minimum atomic E-state index is 0.184. The average Bonchev–Trinajstić information content (AvgIpc) is 2.54. The van der Waals surface area contributed by atoms with Crippen LogP contribution in [0.25, 0.3) is 0 Å². The molecule has 2 rings (SSSR count). The first-order chi connectivity index (χ1) is 6.22. The molecule has 0 bridgehead atoms. The number of rotatable bonds is 1. The predicted octanol–water partition coefficient (Wildman–Crippen LogP) is 2.82. The number of hydrogen-bond acceptors (Lipinski definition) is 1. The van der Waals surface area contributed by atoms with Crippen molar-refractivity contribution in [1.82, 2.24) is 4.31 Å². The molecule has 1 aliphatic carbocycles. The van der Waals surface area contributed by atoms with Crippen molar-refractivity contribution in [3.63, 3.8) is 0 Å². The van der Waals surface area contributed by atoms with E-state index in [1.165, 1.54) is 51.6 Å². The highest BCUT2D eigenvalue weighted by Crippen LogP contribution is 2.47. The topological polar surface area (TPSA) is 3.24 Å². The van der Waals surface area contributed by atoms with E-state index in [4.69, 9.17) is 0 Å². The average molecular weight is 201 g/mol. The zero-order valence-corrected chi connectivity index (χ0v) is 9.95. The Kier molecular flexibility index (Phi) is 2.89. The molecule has 1 spiro atoms. The summed E-state index contributed by atoms with van der Waals surface area (Å²) in [6.45, 7) is 2.78. The Bertz CT molecular complexity index is 163. The molecule has 0 radical (unpaired) electrons. The van der Waals surface area contributed by atoms with Crippen LogP contribution in [0.3, 0.4) is 0 Å². The van der Waals surface area contributed by atoms with Crippen molar-refractivity contribution in [1.29, 1.82) is 0 Å². The summed E-state index contributed by atoms with van der Waals surface area (Å²) in [6.07, 6.45) is 13.9. The molecule has 0 aromatic heterocycles. The first kappa shape index (κ1) is 9.85. The molecule has 1 aliphatic heterocycles. The highest BCUT2D eigenvalue weighted by molar-refractivity contribution is 8.13. The lowest BCUT2D eigenvalue weighted by Gasteiger charge is -2.42. The zero-order valence-electron chi connectivity index (χ0n) is 9.05. The van der Waals surface area contributed by atoms with E-state index in [9.17, 15) is 0 Å². The molecular formula is C11H23NS. The zero-order chi connectivity index (χ0) is 9.31. The summed E-state index contributed by atoms with van der Waals surface area (Å²) in [5, 5.41) is 0. The van der Waals surface area contributed by atoms with Gasteiger partial charge < -0.3 is 0 Å².